The minimum atomic E-state index is -0.540. The summed E-state index contributed by atoms with van der Waals surface area (Å²) in [5.41, 5.74) is 10.3. The molecule has 1 aromatic carbocycles. The average molecular weight is 227 g/mol. The number of nitrogens with one attached hydrogen (secondary N) is 1. The summed E-state index contributed by atoms with van der Waals surface area (Å²) >= 11 is 0. The second kappa shape index (κ2) is 3.73. The molecular formula is C13H13N3O. The normalized spacial score (nSPS) is 16.7. The molecule has 4 nitrogen and oxygen atoms in total. The summed E-state index contributed by atoms with van der Waals surface area (Å²) in [7, 11) is 0. The Kier molecular flexibility index (Phi) is 2.21. The first-order chi connectivity index (χ1) is 8.24. The molecule has 0 bridgehead atoms. The van der Waals surface area contributed by atoms with Crippen LogP contribution in [0.3, 0.4) is 0 Å². The highest BCUT2D eigenvalue weighted by Crippen LogP contribution is 2.39. The minimum Gasteiger partial charge on any atom is -0.351 e. The van der Waals surface area contributed by atoms with Crippen LogP contribution in [0.2, 0.25) is 0 Å². The fourth-order valence-corrected chi connectivity index (χ4v) is 2.36. The van der Waals surface area contributed by atoms with Gasteiger partial charge in [-0.3, -0.25) is 4.99 Å². The number of nitrogens with zero attached hydrogens (tertiary/aromatic N) is 1. The number of anilines is 1. The molecule has 2 amide bonds. The molecule has 0 saturated carbocycles. The number of primary amides is 1. The molecule has 1 aromatic rings. The van der Waals surface area contributed by atoms with E-state index in [1.807, 2.05) is 18.2 Å². The zero-order valence-corrected chi connectivity index (χ0v) is 9.36. The Morgan fingerprint density at radius 3 is 3.12 bits per heavy atom. The third-order valence-corrected chi connectivity index (χ3v) is 3.09. The number of nitrogens with two attached hydrogens (primary N) is 1. The fraction of sp³-hybridized carbons (Fsp3) is 0.231. The molecule has 0 aromatic heterocycles. The molecule has 0 spiro atoms. The van der Waals surface area contributed by atoms with Crippen molar-refractivity contribution in [2.45, 2.75) is 19.3 Å². The van der Waals surface area contributed by atoms with E-state index in [0.29, 0.717) is 0 Å². The van der Waals surface area contributed by atoms with Crippen molar-refractivity contribution >= 4 is 28.7 Å². The van der Waals surface area contributed by atoms with Gasteiger partial charge in [0.05, 0.1) is 5.69 Å². The number of carbonyl (C=O) groups is 1. The SMILES string of the molecule is NC(=O)Nc1ccc2c(c1)C1=CCCCC1=N2. The number of rotatable bonds is 1. The van der Waals surface area contributed by atoms with E-state index in [-0.39, 0.29) is 0 Å². The van der Waals surface area contributed by atoms with Crippen LogP contribution in [-0.4, -0.2) is 11.7 Å². The maximum atomic E-state index is 10.8. The molecule has 1 aliphatic carbocycles. The van der Waals surface area contributed by atoms with E-state index in [4.69, 9.17) is 5.73 Å². The summed E-state index contributed by atoms with van der Waals surface area (Å²) in [5, 5.41) is 2.59. The lowest BCUT2D eigenvalue weighted by atomic mass is 9.93. The standard InChI is InChI=1S/C13H13N3O/c14-13(17)15-8-5-6-12-10(7-8)9-3-1-2-4-11(9)16-12/h3,5-7H,1-2,4H2,(H3,14,15,17). The monoisotopic (exact) mass is 227 g/mol. The summed E-state index contributed by atoms with van der Waals surface area (Å²) in [6.07, 6.45) is 5.53. The van der Waals surface area contributed by atoms with E-state index in [9.17, 15) is 4.79 Å². The van der Waals surface area contributed by atoms with Gasteiger partial charge in [0.15, 0.2) is 0 Å². The van der Waals surface area contributed by atoms with E-state index >= 15 is 0 Å². The van der Waals surface area contributed by atoms with Crippen LogP contribution >= 0.6 is 0 Å². The maximum absolute atomic E-state index is 10.8. The van der Waals surface area contributed by atoms with Crippen molar-refractivity contribution in [3.05, 3.63) is 29.8 Å². The van der Waals surface area contributed by atoms with Gasteiger partial charge in [0.25, 0.3) is 0 Å². The van der Waals surface area contributed by atoms with Crippen molar-refractivity contribution in [1.82, 2.24) is 0 Å². The number of urea groups is 1. The molecule has 1 heterocycles. The first kappa shape index (κ1) is 10.1. The second-order valence-corrected chi connectivity index (χ2v) is 4.29. The van der Waals surface area contributed by atoms with Gasteiger partial charge in [0.1, 0.15) is 0 Å². The Bertz CT molecular complexity index is 558. The van der Waals surface area contributed by atoms with Gasteiger partial charge in [-0.2, -0.15) is 0 Å². The van der Waals surface area contributed by atoms with Gasteiger partial charge < -0.3 is 11.1 Å². The number of carbonyl (C=O) groups excluding carboxylic acids is 1. The molecule has 0 radical (unpaired) electrons. The van der Waals surface area contributed by atoms with E-state index in [2.05, 4.69) is 16.4 Å². The number of hydrogen-bond donors (Lipinski definition) is 2. The van der Waals surface area contributed by atoms with Gasteiger partial charge in [-0.05, 0) is 37.5 Å². The molecule has 3 N–H and O–H groups in total. The highest BCUT2D eigenvalue weighted by atomic mass is 16.2. The van der Waals surface area contributed by atoms with Crippen molar-refractivity contribution in [3.8, 4) is 0 Å². The van der Waals surface area contributed by atoms with Gasteiger partial charge in [-0.1, -0.05) is 6.08 Å². The number of amides is 2. The highest BCUT2D eigenvalue weighted by molar-refractivity contribution is 6.29. The molecule has 86 valence electrons. The quantitative estimate of drug-likeness (QED) is 0.761. The van der Waals surface area contributed by atoms with Crippen LogP contribution in [0.1, 0.15) is 24.8 Å². The van der Waals surface area contributed by atoms with Crippen molar-refractivity contribution in [3.63, 3.8) is 0 Å². The molecular weight excluding hydrogens is 214 g/mol. The molecule has 17 heavy (non-hydrogen) atoms. The average Bonchev–Trinajstić information content (AvgIpc) is 2.66. The Hall–Kier alpha value is -2.10. The molecule has 0 unspecified atom stereocenters. The molecule has 1 aliphatic heterocycles. The van der Waals surface area contributed by atoms with Crippen molar-refractivity contribution in [1.29, 1.82) is 0 Å². The molecule has 0 saturated heterocycles. The summed E-state index contributed by atoms with van der Waals surface area (Å²) in [6, 6.07) is 5.15. The summed E-state index contributed by atoms with van der Waals surface area (Å²) < 4.78 is 0. The Balaban J connectivity index is 2.02. The van der Waals surface area contributed by atoms with Crippen LogP contribution in [0.15, 0.2) is 29.3 Å². The Labute approximate surface area is 99.2 Å². The third-order valence-electron chi connectivity index (χ3n) is 3.09. The molecule has 0 fully saturated rings. The van der Waals surface area contributed by atoms with E-state index < -0.39 is 6.03 Å². The smallest absolute Gasteiger partial charge is 0.316 e. The van der Waals surface area contributed by atoms with Crippen LogP contribution < -0.4 is 11.1 Å². The van der Waals surface area contributed by atoms with E-state index in [1.54, 1.807) is 0 Å². The van der Waals surface area contributed by atoms with Crippen LogP contribution in [0.5, 0.6) is 0 Å². The first-order valence-electron chi connectivity index (χ1n) is 5.73. The van der Waals surface area contributed by atoms with E-state index in [1.165, 1.54) is 17.7 Å². The fourth-order valence-electron chi connectivity index (χ4n) is 2.36. The van der Waals surface area contributed by atoms with Crippen molar-refractivity contribution in [2.75, 3.05) is 5.32 Å². The number of benzene rings is 1. The van der Waals surface area contributed by atoms with Crippen LogP contribution in [0.25, 0.3) is 5.57 Å². The van der Waals surface area contributed by atoms with Crippen molar-refractivity contribution in [2.24, 2.45) is 10.7 Å². The van der Waals surface area contributed by atoms with Crippen LogP contribution in [0.4, 0.5) is 16.2 Å². The van der Waals surface area contributed by atoms with Crippen molar-refractivity contribution < 1.29 is 4.79 Å². The van der Waals surface area contributed by atoms with E-state index in [0.717, 1.165) is 29.8 Å². The molecule has 4 heteroatoms. The maximum Gasteiger partial charge on any atom is 0.316 e. The predicted octanol–water partition coefficient (Wildman–Crippen LogP) is 2.83. The second-order valence-electron chi connectivity index (χ2n) is 4.29. The Morgan fingerprint density at radius 1 is 1.41 bits per heavy atom. The van der Waals surface area contributed by atoms with Gasteiger partial charge in [-0.15, -0.1) is 0 Å². The highest BCUT2D eigenvalue weighted by Gasteiger charge is 2.22. The van der Waals surface area contributed by atoms with Crippen LogP contribution in [0, 0.1) is 0 Å². The number of fused-ring (bicyclic) bond motifs is 3. The Morgan fingerprint density at radius 2 is 2.29 bits per heavy atom. The first-order valence-corrected chi connectivity index (χ1v) is 5.73. The number of aliphatic imine (C=N–C) groups is 1. The minimum absolute atomic E-state index is 0.540. The summed E-state index contributed by atoms with van der Waals surface area (Å²) in [5.74, 6) is 0. The molecule has 0 atom stereocenters. The van der Waals surface area contributed by atoms with Gasteiger partial charge >= 0.3 is 6.03 Å². The molecule has 2 aliphatic rings. The largest absolute Gasteiger partial charge is 0.351 e. The summed E-state index contributed by atoms with van der Waals surface area (Å²) in [4.78, 5) is 15.4. The number of allylic oxidation sites excluding steroid dienone is 2. The lowest BCUT2D eigenvalue weighted by Gasteiger charge is -2.10. The van der Waals surface area contributed by atoms with Gasteiger partial charge in [0.2, 0.25) is 0 Å². The molecule has 3 rings (SSSR count). The van der Waals surface area contributed by atoms with Gasteiger partial charge in [-0.25, -0.2) is 4.79 Å². The summed E-state index contributed by atoms with van der Waals surface area (Å²) in [6.45, 7) is 0. The topological polar surface area (TPSA) is 67.5 Å². The predicted molar refractivity (Wildman–Crippen MR) is 68.6 cm³/mol. The lowest BCUT2D eigenvalue weighted by Crippen LogP contribution is -2.19. The van der Waals surface area contributed by atoms with Gasteiger partial charge in [0, 0.05) is 22.5 Å². The zero-order valence-electron chi connectivity index (χ0n) is 9.36. The number of hydrogen-bond acceptors (Lipinski definition) is 2. The zero-order chi connectivity index (χ0) is 11.8. The third kappa shape index (κ3) is 1.71. The lowest BCUT2D eigenvalue weighted by molar-refractivity contribution is 0.259. The van der Waals surface area contributed by atoms with Crippen LogP contribution in [-0.2, 0) is 0 Å².